The van der Waals surface area contributed by atoms with Crippen LogP contribution in [0.4, 0.5) is 0 Å². The standard InChI is InChI=1S/C14H22N2O/c1-10-6-12-13(7-11(10)2)16(9-15-12)8-14(17)4-3-5-14/h9-11,17H,3-8H2,1-2H3. The second kappa shape index (κ2) is 3.84. The molecule has 0 radical (unpaired) electrons. The lowest BCUT2D eigenvalue weighted by molar-refractivity contribution is -0.0480. The molecule has 0 aliphatic heterocycles. The minimum Gasteiger partial charge on any atom is -0.388 e. The average molecular weight is 234 g/mol. The molecule has 2 aliphatic rings. The largest absolute Gasteiger partial charge is 0.388 e. The highest BCUT2D eigenvalue weighted by Crippen LogP contribution is 2.35. The van der Waals surface area contributed by atoms with Gasteiger partial charge < -0.3 is 9.67 Å². The van der Waals surface area contributed by atoms with E-state index >= 15 is 0 Å². The molecule has 2 atom stereocenters. The Kier molecular flexibility index (Phi) is 2.54. The SMILES string of the molecule is CC1Cc2ncn(CC3(O)CCC3)c2CC1C. The summed E-state index contributed by atoms with van der Waals surface area (Å²) in [6, 6.07) is 0. The molecule has 0 amide bonds. The maximum atomic E-state index is 10.3. The van der Waals surface area contributed by atoms with E-state index in [0.29, 0.717) is 0 Å². The van der Waals surface area contributed by atoms with Gasteiger partial charge in [0.1, 0.15) is 0 Å². The maximum Gasteiger partial charge on any atom is 0.0952 e. The second-order valence-electron chi connectivity index (χ2n) is 6.21. The van der Waals surface area contributed by atoms with Crippen LogP contribution in [0.15, 0.2) is 6.33 Å². The van der Waals surface area contributed by atoms with E-state index in [1.807, 2.05) is 6.33 Å². The van der Waals surface area contributed by atoms with Gasteiger partial charge in [0.15, 0.2) is 0 Å². The zero-order valence-corrected chi connectivity index (χ0v) is 10.8. The monoisotopic (exact) mass is 234 g/mol. The topological polar surface area (TPSA) is 38.0 Å². The average Bonchev–Trinajstić information content (AvgIpc) is 2.60. The van der Waals surface area contributed by atoms with Gasteiger partial charge in [-0.1, -0.05) is 13.8 Å². The van der Waals surface area contributed by atoms with Crippen molar-refractivity contribution in [2.24, 2.45) is 11.8 Å². The van der Waals surface area contributed by atoms with Crippen molar-refractivity contribution < 1.29 is 5.11 Å². The quantitative estimate of drug-likeness (QED) is 0.851. The lowest BCUT2D eigenvalue weighted by Crippen LogP contribution is -2.41. The molecule has 0 spiro atoms. The van der Waals surface area contributed by atoms with E-state index in [2.05, 4.69) is 23.4 Å². The van der Waals surface area contributed by atoms with Gasteiger partial charge in [-0.15, -0.1) is 0 Å². The van der Waals surface area contributed by atoms with Gasteiger partial charge in [0.2, 0.25) is 0 Å². The fraction of sp³-hybridized carbons (Fsp3) is 0.786. The number of aromatic nitrogens is 2. The molecule has 17 heavy (non-hydrogen) atoms. The van der Waals surface area contributed by atoms with Crippen LogP contribution in [-0.2, 0) is 19.4 Å². The number of rotatable bonds is 2. The van der Waals surface area contributed by atoms with Gasteiger partial charge in [0, 0.05) is 5.69 Å². The first-order chi connectivity index (χ1) is 8.07. The summed E-state index contributed by atoms with van der Waals surface area (Å²) >= 11 is 0. The van der Waals surface area contributed by atoms with E-state index < -0.39 is 5.60 Å². The lowest BCUT2D eigenvalue weighted by atomic mass is 9.79. The van der Waals surface area contributed by atoms with E-state index in [1.165, 1.54) is 17.8 Å². The normalized spacial score (nSPS) is 30.8. The molecule has 2 unspecified atom stereocenters. The number of nitrogens with zero attached hydrogens (tertiary/aromatic N) is 2. The molecule has 3 nitrogen and oxygen atoms in total. The van der Waals surface area contributed by atoms with Crippen LogP contribution in [0.2, 0.25) is 0 Å². The molecule has 1 aromatic rings. The zero-order chi connectivity index (χ0) is 12.0. The van der Waals surface area contributed by atoms with Crippen LogP contribution in [0.1, 0.15) is 44.5 Å². The molecule has 1 N–H and O–H groups in total. The van der Waals surface area contributed by atoms with Crippen molar-refractivity contribution in [2.45, 2.75) is 58.1 Å². The smallest absolute Gasteiger partial charge is 0.0952 e. The van der Waals surface area contributed by atoms with E-state index in [4.69, 9.17) is 0 Å². The molecular formula is C14H22N2O. The number of hydrogen-bond donors (Lipinski definition) is 1. The zero-order valence-electron chi connectivity index (χ0n) is 10.8. The Labute approximate surface area is 103 Å². The predicted molar refractivity (Wildman–Crippen MR) is 66.8 cm³/mol. The Morgan fingerprint density at radius 1 is 1.35 bits per heavy atom. The number of hydrogen-bond acceptors (Lipinski definition) is 2. The fourth-order valence-electron chi connectivity index (χ4n) is 3.06. The summed E-state index contributed by atoms with van der Waals surface area (Å²) in [6.07, 6.45) is 7.22. The Bertz CT molecular complexity index is 420. The van der Waals surface area contributed by atoms with Crippen LogP contribution < -0.4 is 0 Å². The molecular weight excluding hydrogens is 212 g/mol. The van der Waals surface area contributed by atoms with Gasteiger partial charge in [0.25, 0.3) is 0 Å². The summed E-state index contributed by atoms with van der Waals surface area (Å²) in [5.74, 6) is 1.46. The van der Waals surface area contributed by atoms with Crippen molar-refractivity contribution in [2.75, 3.05) is 0 Å². The summed E-state index contributed by atoms with van der Waals surface area (Å²) < 4.78 is 2.21. The van der Waals surface area contributed by atoms with Crippen LogP contribution in [0.25, 0.3) is 0 Å². The molecule has 94 valence electrons. The molecule has 3 rings (SSSR count). The number of imidazole rings is 1. The first kappa shape index (κ1) is 11.3. The summed E-state index contributed by atoms with van der Waals surface area (Å²) in [4.78, 5) is 4.54. The molecule has 1 fully saturated rings. The van der Waals surface area contributed by atoms with Crippen molar-refractivity contribution in [3.63, 3.8) is 0 Å². The van der Waals surface area contributed by atoms with Crippen LogP contribution in [-0.4, -0.2) is 20.3 Å². The minimum atomic E-state index is -0.444. The first-order valence-electron chi connectivity index (χ1n) is 6.83. The number of aliphatic hydroxyl groups is 1. The van der Waals surface area contributed by atoms with E-state index in [1.54, 1.807) is 0 Å². The van der Waals surface area contributed by atoms with Crippen LogP contribution >= 0.6 is 0 Å². The third kappa shape index (κ3) is 1.90. The van der Waals surface area contributed by atoms with Crippen molar-refractivity contribution >= 4 is 0 Å². The summed E-state index contributed by atoms with van der Waals surface area (Å²) in [5, 5.41) is 10.3. The second-order valence-corrected chi connectivity index (χ2v) is 6.21. The highest BCUT2D eigenvalue weighted by atomic mass is 16.3. The van der Waals surface area contributed by atoms with E-state index in [-0.39, 0.29) is 0 Å². The Morgan fingerprint density at radius 3 is 2.71 bits per heavy atom. The predicted octanol–water partition coefficient (Wildman–Crippen LogP) is 2.17. The molecule has 1 aromatic heterocycles. The Morgan fingerprint density at radius 2 is 2.06 bits per heavy atom. The highest BCUT2D eigenvalue weighted by molar-refractivity contribution is 5.19. The minimum absolute atomic E-state index is 0.444. The summed E-state index contributed by atoms with van der Waals surface area (Å²) in [6.45, 7) is 5.38. The molecule has 0 aromatic carbocycles. The third-order valence-corrected chi connectivity index (χ3v) is 4.78. The van der Waals surface area contributed by atoms with E-state index in [9.17, 15) is 5.11 Å². The summed E-state index contributed by atoms with van der Waals surface area (Å²) in [7, 11) is 0. The van der Waals surface area contributed by atoms with Gasteiger partial charge in [-0.25, -0.2) is 4.98 Å². The lowest BCUT2D eigenvalue weighted by Gasteiger charge is -2.37. The van der Waals surface area contributed by atoms with Gasteiger partial charge in [-0.05, 0) is 43.9 Å². The summed E-state index contributed by atoms with van der Waals surface area (Å²) in [5.41, 5.74) is 2.19. The first-order valence-corrected chi connectivity index (χ1v) is 6.83. The van der Waals surface area contributed by atoms with Crippen molar-refractivity contribution in [1.82, 2.24) is 9.55 Å². The molecule has 2 aliphatic carbocycles. The molecule has 0 bridgehead atoms. The number of fused-ring (bicyclic) bond motifs is 1. The maximum absolute atomic E-state index is 10.3. The van der Waals surface area contributed by atoms with Crippen molar-refractivity contribution in [3.8, 4) is 0 Å². The van der Waals surface area contributed by atoms with Gasteiger partial charge in [0.05, 0.1) is 24.2 Å². The third-order valence-electron chi connectivity index (χ3n) is 4.78. The van der Waals surface area contributed by atoms with Crippen LogP contribution in [0, 0.1) is 11.8 Å². The van der Waals surface area contributed by atoms with Crippen molar-refractivity contribution in [3.05, 3.63) is 17.7 Å². The van der Waals surface area contributed by atoms with Crippen LogP contribution in [0.5, 0.6) is 0 Å². The fourth-order valence-corrected chi connectivity index (χ4v) is 3.06. The molecule has 3 heteroatoms. The van der Waals surface area contributed by atoms with Gasteiger partial charge in [-0.3, -0.25) is 0 Å². The van der Waals surface area contributed by atoms with E-state index in [0.717, 1.165) is 44.1 Å². The van der Waals surface area contributed by atoms with Crippen LogP contribution in [0.3, 0.4) is 0 Å². The molecule has 1 heterocycles. The molecule has 0 saturated heterocycles. The Balaban J connectivity index is 1.83. The van der Waals surface area contributed by atoms with Gasteiger partial charge in [-0.2, -0.15) is 0 Å². The molecule has 1 saturated carbocycles. The Hall–Kier alpha value is -0.830. The van der Waals surface area contributed by atoms with Gasteiger partial charge >= 0.3 is 0 Å². The highest BCUT2D eigenvalue weighted by Gasteiger charge is 2.36. The van der Waals surface area contributed by atoms with Crippen molar-refractivity contribution in [1.29, 1.82) is 0 Å².